The van der Waals surface area contributed by atoms with E-state index >= 15 is 0 Å². The Morgan fingerprint density at radius 2 is 1.71 bits per heavy atom. The maximum Gasteiger partial charge on any atom is 0.0571 e. The molecule has 0 spiro atoms. The topological polar surface area (TPSA) is 29.9 Å². The molecular formula is C18H19N3. The molecule has 0 fully saturated rings. The quantitative estimate of drug-likeness (QED) is 0.772. The van der Waals surface area contributed by atoms with Gasteiger partial charge < -0.3 is 5.32 Å². The highest BCUT2D eigenvalue weighted by atomic mass is 15.3. The smallest absolute Gasteiger partial charge is 0.0571 e. The number of anilines is 1. The van der Waals surface area contributed by atoms with Gasteiger partial charge in [0.15, 0.2) is 0 Å². The second-order valence-corrected chi connectivity index (χ2v) is 5.12. The fraction of sp³-hybridized carbons (Fsp3) is 0.167. The van der Waals surface area contributed by atoms with Crippen molar-refractivity contribution in [3.8, 4) is 0 Å². The summed E-state index contributed by atoms with van der Waals surface area (Å²) in [5.41, 5.74) is 4.99. The third-order valence-corrected chi connectivity index (χ3v) is 3.64. The summed E-state index contributed by atoms with van der Waals surface area (Å²) in [5.74, 6) is 0. The minimum Gasteiger partial charge on any atom is -0.379 e. The molecule has 1 N–H and O–H groups in total. The lowest BCUT2D eigenvalue weighted by Gasteiger charge is -2.12. The van der Waals surface area contributed by atoms with E-state index in [1.165, 1.54) is 22.5 Å². The number of aryl methyl sites for hydroxylation is 1. The summed E-state index contributed by atoms with van der Waals surface area (Å²) in [6.45, 7) is 0.780. The van der Waals surface area contributed by atoms with Crippen molar-refractivity contribution < 1.29 is 0 Å². The molecule has 21 heavy (non-hydrogen) atoms. The zero-order valence-corrected chi connectivity index (χ0v) is 12.2. The molecule has 2 aromatic carbocycles. The van der Waals surface area contributed by atoms with Gasteiger partial charge in [-0.05, 0) is 29.7 Å². The third-order valence-electron chi connectivity index (χ3n) is 3.64. The molecule has 3 nitrogen and oxygen atoms in total. The molecule has 0 aliphatic rings. The van der Waals surface area contributed by atoms with Crippen LogP contribution in [0.15, 0.2) is 66.9 Å². The van der Waals surface area contributed by atoms with Gasteiger partial charge in [0, 0.05) is 18.9 Å². The first-order valence-corrected chi connectivity index (χ1v) is 7.15. The summed E-state index contributed by atoms with van der Waals surface area (Å²) in [6, 6.07) is 21.1. The Morgan fingerprint density at radius 3 is 2.48 bits per heavy atom. The summed E-state index contributed by atoms with van der Waals surface area (Å²) in [6.07, 6.45) is 2.77. The Kier molecular flexibility index (Phi) is 4.01. The van der Waals surface area contributed by atoms with E-state index in [0.29, 0.717) is 0 Å². The minimum absolute atomic E-state index is 0.780. The van der Waals surface area contributed by atoms with Crippen molar-refractivity contribution in [3.05, 3.63) is 83.7 Å². The van der Waals surface area contributed by atoms with Crippen LogP contribution in [0.3, 0.4) is 0 Å². The summed E-state index contributed by atoms with van der Waals surface area (Å²) < 4.78 is 1.90. The first-order chi connectivity index (χ1) is 10.3. The first kappa shape index (κ1) is 13.4. The van der Waals surface area contributed by atoms with Crippen molar-refractivity contribution in [1.82, 2.24) is 9.78 Å². The SMILES string of the molecule is Cn1nccc1CNc1ccccc1Cc1ccccc1. The zero-order valence-electron chi connectivity index (χ0n) is 12.2. The number of rotatable bonds is 5. The van der Waals surface area contributed by atoms with Gasteiger partial charge in [-0.1, -0.05) is 48.5 Å². The molecule has 3 aromatic rings. The van der Waals surface area contributed by atoms with Crippen molar-refractivity contribution >= 4 is 5.69 Å². The largest absolute Gasteiger partial charge is 0.379 e. The molecular weight excluding hydrogens is 258 g/mol. The molecule has 0 amide bonds. The summed E-state index contributed by atoms with van der Waals surface area (Å²) in [4.78, 5) is 0. The minimum atomic E-state index is 0.780. The average Bonchev–Trinajstić information content (AvgIpc) is 2.93. The molecule has 0 bridgehead atoms. The van der Waals surface area contributed by atoms with Crippen molar-refractivity contribution in [1.29, 1.82) is 0 Å². The molecule has 3 heteroatoms. The van der Waals surface area contributed by atoms with E-state index in [-0.39, 0.29) is 0 Å². The third kappa shape index (κ3) is 3.31. The van der Waals surface area contributed by atoms with Gasteiger partial charge in [-0.15, -0.1) is 0 Å². The molecule has 0 saturated carbocycles. The number of para-hydroxylation sites is 1. The van der Waals surface area contributed by atoms with Gasteiger partial charge in [0.25, 0.3) is 0 Å². The van der Waals surface area contributed by atoms with Crippen LogP contribution in [-0.2, 0) is 20.0 Å². The van der Waals surface area contributed by atoms with E-state index in [2.05, 4.69) is 65.0 Å². The van der Waals surface area contributed by atoms with E-state index in [1.807, 2.05) is 24.0 Å². The van der Waals surface area contributed by atoms with E-state index in [0.717, 1.165) is 13.0 Å². The molecule has 0 unspecified atom stereocenters. The molecule has 0 aliphatic heterocycles. The fourth-order valence-electron chi connectivity index (χ4n) is 2.42. The van der Waals surface area contributed by atoms with Crippen LogP contribution in [-0.4, -0.2) is 9.78 Å². The predicted molar refractivity (Wildman–Crippen MR) is 86.2 cm³/mol. The van der Waals surface area contributed by atoms with Gasteiger partial charge in [-0.2, -0.15) is 5.10 Å². The Morgan fingerprint density at radius 1 is 0.952 bits per heavy atom. The molecule has 0 saturated heterocycles. The van der Waals surface area contributed by atoms with Crippen molar-refractivity contribution in [2.45, 2.75) is 13.0 Å². The van der Waals surface area contributed by atoms with Crippen molar-refractivity contribution in [3.63, 3.8) is 0 Å². The van der Waals surface area contributed by atoms with Gasteiger partial charge in [0.1, 0.15) is 0 Å². The highest BCUT2D eigenvalue weighted by Crippen LogP contribution is 2.19. The Balaban J connectivity index is 1.75. The number of nitrogens with one attached hydrogen (secondary N) is 1. The van der Waals surface area contributed by atoms with Gasteiger partial charge in [-0.3, -0.25) is 4.68 Å². The van der Waals surface area contributed by atoms with Crippen LogP contribution in [0, 0.1) is 0 Å². The number of aromatic nitrogens is 2. The van der Waals surface area contributed by atoms with Crippen LogP contribution in [0.1, 0.15) is 16.8 Å². The number of benzene rings is 2. The number of nitrogens with zero attached hydrogens (tertiary/aromatic N) is 2. The Hall–Kier alpha value is -2.55. The molecule has 3 rings (SSSR count). The van der Waals surface area contributed by atoms with Crippen LogP contribution in [0.4, 0.5) is 5.69 Å². The molecule has 0 atom stereocenters. The fourth-order valence-corrected chi connectivity index (χ4v) is 2.42. The second-order valence-electron chi connectivity index (χ2n) is 5.12. The van der Waals surface area contributed by atoms with E-state index in [9.17, 15) is 0 Å². The molecule has 1 heterocycles. The first-order valence-electron chi connectivity index (χ1n) is 7.15. The predicted octanol–water partition coefficient (Wildman–Crippen LogP) is 3.62. The zero-order chi connectivity index (χ0) is 14.5. The van der Waals surface area contributed by atoms with Crippen LogP contribution < -0.4 is 5.32 Å². The Labute approximate surface area is 125 Å². The summed E-state index contributed by atoms with van der Waals surface area (Å²) >= 11 is 0. The van der Waals surface area contributed by atoms with Gasteiger partial charge in [0.2, 0.25) is 0 Å². The maximum atomic E-state index is 4.20. The molecule has 0 aliphatic carbocycles. The van der Waals surface area contributed by atoms with Gasteiger partial charge in [0.05, 0.1) is 12.2 Å². The second kappa shape index (κ2) is 6.27. The Bertz CT molecular complexity index is 701. The summed E-state index contributed by atoms with van der Waals surface area (Å²) in [5, 5.41) is 7.71. The highest BCUT2D eigenvalue weighted by molar-refractivity contribution is 5.52. The standard InChI is InChI=1S/C18H19N3/c1-21-17(11-12-20-21)14-19-18-10-6-5-9-16(18)13-15-7-3-2-4-8-15/h2-12,19H,13-14H2,1H3. The van der Waals surface area contributed by atoms with E-state index < -0.39 is 0 Å². The lowest BCUT2D eigenvalue weighted by molar-refractivity contribution is 0.720. The van der Waals surface area contributed by atoms with Gasteiger partial charge in [-0.25, -0.2) is 0 Å². The number of hydrogen-bond donors (Lipinski definition) is 1. The lowest BCUT2D eigenvalue weighted by Crippen LogP contribution is -2.07. The van der Waals surface area contributed by atoms with Crippen LogP contribution in [0.2, 0.25) is 0 Å². The lowest BCUT2D eigenvalue weighted by atomic mass is 10.0. The van der Waals surface area contributed by atoms with E-state index in [1.54, 1.807) is 0 Å². The van der Waals surface area contributed by atoms with Gasteiger partial charge >= 0.3 is 0 Å². The van der Waals surface area contributed by atoms with Crippen molar-refractivity contribution in [2.75, 3.05) is 5.32 Å². The molecule has 0 radical (unpaired) electrons. The van der Waals surface area contributed by atoms with Crippen LogP contribution in [0.5, 0.6) is 0 Å². The molecule has 1 aromatic heterocycles. The molecule has 106 valence electrons. The van der Waals surface area contributed by atoms with E-state index in [4.69, 9.17) is 0 Å². The van der Waals surface area contributed by atoms with Crippen molar-refractivity contribution in [2.24, 2.45) is 7.05 Å². The normalized spacial score (nSPS) is 10.5. The monoisotopic (exact) mass is 277 g/mol. The maximum absolute atomic E-state index is 4.20. The van der Waals surface area contributed by atoms with Crippen LogP contribution in [0.25, 0.3) is 0 Å². The average molecular weight is 277 g/mol. The highest BCUT2D eigenvalue weighted by Gasteiger charge is 2.04. The van der Waals surface area contributed by atoms with Crippen LogP contribution >= 0.6 is 0 Å². The number of hydrogen-bond acceptors (Lipinski definition) is 2. The summed E-state index contributed by atoms with van der Waals surface area (Å²) in [7, 11) is 1.97.